The van der Waals surface area contributed by atoms with Crippen LogP contribution < -0.4 is 11.1 Å². The van der Waals surface area contributed by atoms with Crippen LogP contribution in [0.25, 0.3) is 0 Å². The molecule has 0 aliphatic carbocycles. The summed E-state index contributed by atoms with van der Waals surface area (Å²) in [5, 5.41) is 2.50. The van der Waals surface area contributed by atoms with Crippen molar-refractivity contribution in [2.75, 3.05) is 12.3 Å². The van der Waals surface area contributed by atoms with Gasteiger partial charge >= 0.3 is 5.97 Å². The summed E-state index contributed by atoms with van der Waals surface area (Å²) >= 11 is 0. The molecule has 0 aliphatic rings. The maximum Gasteiger partial charge on any atom is 0.340 e. The third-order valence-corrected chi connectivity index (χ3v) is 2.10. The van der Waals surface area contributed by atoms with Crippen molar-refractivity contribution in [1.82, 2.24) is 5.32 Å². The lowest BCUT2D eigenvalue weighted by Gasteiger charge is -2.10. The van der Waals surface area contributed by atoms with Crippen molar-refractivity contribution >= 4 is 17.6 Å². The van der Waals surface area contributed by atoms with E-state index in [1.165, 1.54) is 0 Å². The van der Waals surface area contributed by atoms with Gasteiger partial charge in [-0.15, -0.1) is 0 Å². The Morgan fingerprint density at radius 3 is 2.47 bits per heavy atom. The first-order valence-electron chi connectivity index (χ1n) is 5.52. The zero-order chi connectivity index (χ0) is 14.6. The van der Waals surface area contributed by atoms with Crippen LogP contribution >= 0.6 is 0 Å². The summed E-state index contributed by atoms with van der Waals surface area (Å²) in [6.07, 6.45) is 0. The number of nitrogens with one attached hydrogen (secondary N) is 1. The van der Waals surface area contributed by atoms with Crippen molar-refractivity contribution in [2.45, 2.75) is 19.9 Å². The van der Waals surface area contributed by atoms with Crippen molar-refractivity contribution in [3.8, 4) is 0 Å². The number of amides is 1. The van der Waals surface area contributed by atoms with E-state index in [0.29, 0.717) is 12.1 Å². The Labute approximate surface area is 108 Å². The number of rotatable bonds is 4. The highest BCUT2D eigenvalue weighted by molar-refractivity contribution is 5.96. The molecule has 0 heterocycles. The molecule has 0 saturated carbocycles. The molecule has 0 aromatic heterocycles. The van der Waals surface area contributed by atoms with E-state index in [0.717, 1.165) is 0 Å². The maximum atomic E-state index is 13.0. The number of esters is 1. The number of halogens is 2. The Morgan fingerprint density at radius 2 is 1.89 bits per heavy atom. The van der Waals surface area contributed by atoms with Gasteiger partial charge in [0.15, 0.2) is 18.2 Å². The topological polar surface area (TPSA) is 81.4 Å². The fourth-order valence-electron chi connectivity index (χ4n) is 1.31. The zero-order valence-corrected chi connectivity index (χ0v) is 10.5. The quantitative estimate of drug-likeness (QED) is 0.638. The first kappa shape index (κ1) is 14.9. The molecular formula is C12H14F2N2O3. The van der Waals surface area contributed by atoms with E-state index in [4.69, 9.17) is 5.73 Å². The summed E-state index contributed by atoms with van der Waals surface area (Å²) in [7, 11) is 0. The molecule has 1 amide bonds. The second-order valence-corrected chi connectivity index (χ2v) is 4.15. The number of hydrogen-bond acceptors (Lipinski definition) is 4. The van der Waals surface area contributed by atoms with E-state index in [9.17, 15) is 18.4 Å². The molecule has 0 unspecified atom stereocenters. The third-order valence-electron chi connectivity index (χ3n) is 2.10. The number of nitrogen functional groups attached to an aromatic ring is 1. The number of carbonyl (C=O) groups excluding carboxylic acids is 2. The van der Waals surface area contributed by atoms with Crippen molar-refractivity contribution in [3.05, 3.63) is 29.3 Å². The first-order valence-corrected chi connectivity index (χ1v) is 5.52. The summed E-state index contributed by atoms with van der Waals surface area (Å²) < 4.78 is 30.4. The van der Waals surface area contributed by atoms with Crippen LogP contribution in [0.15, 0.2) is 12.1 Å². The molecule has 1 aromatic rings. The van der Waals surface area contributed by atoms with E-state index in [1.54, 1.807) is 13.8 Å². The summed E-state index contributed by atoms with van der Waals surface area (Å²) in [6, 6.07) is 1.22. The Bertz CT molecular complexity index is 504. The molecule has 7 heteroatoms. The van der Waals surface area contributed by atoms with Crippen molar-refractivity contribution in [1.29, 1.82) is 0 Å². The number of nitrogens with two attached hydrogens (primary N) is 1. The Morgan fingerprint density at radius 1 is 1.32 bits per heavy atom. The minimum Gasteiger partial charge on any atom is -0.452 e. The van der Waals surface area contributed by atoms with Gasteiger partial charge in [0.1, 0.15) is 0 Å². The minimum absolute atomic E-state index is 0.0977. The Hall–Kier alpha value is -2.18. The highest BCUT2D eigenvalue weighted by atomic mass is 19.2. The van der Waals surface area contributed by atoms with E-state index < -0.39 is 30.1 Å². The fraction of sp³-hybridized carbons (Fsp3) is 0.333. The van der Waals surface area contributed by atoms with Gasteiger partial charge < -0.3 is 15.8 Å². The van der Waals surface area contributed by atoms with Gasteiger partial charge in [0, 0.05) is 17.8 Å². The van der Waals surface area contributed by atoms with Gasteiger partial charge in [-0.3, -0.25) is 4.79 Å². The number of carbonyl (C=O) groups is 2. The zero-order valence-electron chi connectivity index (χ0n) is 10.5. The summed E-state index contributed by atoms with van der Waals surface area (Å²) in [5.74, 6) is -3.86. The van der Waals surface area contributed by atoms with E-state index in [-0.39, 0.29) is 17.3 Å². The van der Waals surface area contributed by atoms with Crippen molar-refractivity contribution in [2.24, 2.45) is 0 Å². The normalized spacial score (nSPS) is 10.4. The van der Waals surface area contributed by atoms with Crippen molar-refractivity contribution < 1.29 is 23.1 Å². The molecule has 0 atom stereocenters. The lowest BCUT2D eigenvalue weighted by atomic mass is 10.1. The molecule has 0 aliphatic heterocycles. The van der Waals surface area contributed by atoms with Crippen LogP contribution in [0, 0.1) is 11.6 Å². The van der Waals surface area contributed by atoms with Crippen molar-refractivity contribution in [3.63, 3.8) is 0 Å². The molecule has 0 bridgehead atoms. The molecule has 1 rings (SSSR count). The van der Waals surface area contributed by atoms with Gasteiger partial charge in [0.05, 0.1) is 5.56 Å². The standard InChI is InChI=1S/C12H14F2N2O3/c1-6(2)16-11(17)5-19-12(18)7-3-8(13)9(14)4-10(7)15/h3-4,6H,5,15H2,1-2H3,(H,16,17). The predicted molar refractivity (Wildman–Crippen MR) is 64.3 cm³/mol. The van der Waals surface area contributed by atoms with Gasteiger partial charge in [-0.05, 0) is 19.9 Å². The molecule has 1 aromatic carbocycles. The Kier molecular flexibility index (Phi) is 4.80. The monoisotopic (exact) mass is 272 g/mol. The number of hydrogen-bond donors (Lipinski definition) is 2. The maximum absolute atomic E-state index is 13.0. The third kappa shape index (κ3) is 4.20. The minimum atomic E-state index is -1.22. The highest BCUT2D eigenvalue weighted by Crippen LogP contribution is 2.17. The van der Waals surface area contributed by atoms with E-state index in [1.807, 2.05) is 0 Å². The molecule has 0 spiro atoms. The van der Waals surface area contributed by atoms with Crippen LogP contribution in [0.3, 0.4) is 0 Å². The average molecular weight is 272 g/mol. The second kappa shape index (κ2) is 6.12. The lowest BCUT2D eigenvalue weighted by Crippen LogP contribution is -2.34. The van der Waals surface area contributed by atoms with Crippen LogP contribution in [0.4, 0.5) is 14.5 Å². The summed E-state index contributed by atoms with van der Waals surface area (Å²) in [4.78, 5) is 22.8. The van der Waals surface area contributed by atoms with Gasteiger partial charge in [0.25, 0.3) is 5.91 Å². The van der Waals surface area contributed by atoms with Crippen LogP contribution in [0.2, 0.25) is 0 Å². The molecule has 19 heavy (non-hydrogen) atoms. The number of anilines is 1. The lowest BCUT2D eigenvalue weighted by molar-refractivity contribution is -0.124. The molecule has 5 nitrogen and oxygen atoms in total. The van der Waals surface area contributed by atoms with E-state index >= 15 is 0 Å². The smallest absolute Gasteiger partial charge is 0.340 e. The molecule has 0 saturated heterocycles. The molecular weight excluding hydrogens is 258 g/mol. The molecule has 0 radical (unpaired) electrons. The van der Waals surface area contributed by atoms with Crippen LogP contribution in [0.1, 0.15) is 24.2 Å². The van der Waals surface area contributed by atoms with Crippen LogP contribution in [-0.4, -0.2) is 24.5 Å². The Balaban J connectivity index is 2.69. The molecule has 0 fully saturated rings. The largest absolute Gasteiger partial charge is 0.452 e. The summed E-state index contributed by atoms with van der Waals surface area (Å²) in [6.45, 7) is 2.97. The number of ether oxygens (including phenoxy) is 1. The van der Waals surface area contributed by atoms with E-state index in [2.05, 4.69) is 10.1 Å². The molecule has 3 N–H and O–H groups in total. The van der Waals surface area contributed by atoms with Gasteiger partial charge in [-0.1, -0.05) is 0 Å². The number of benzene rings is 1. The van der Waals surface area contributed by atoms with Gasteiger partial charge in [0.2, 0.25) is 0 Å². The second-order valence-electron chi connectivity index (χ2n) is 4.15. The van der Waals surface area contributed by atoms with Gasteiger partial charge in [-0.25, -0.2) is 13.6 Å². The highest BCUT2D eigenvalue weighted by Gasteiger charge is 2.17. The van der Waals surface area contributed by atoms with Crippen LogP contribution in [0.5, 0.6) is 0 Å². The molecule has 104 valence electrons. The van der Waals surface area contributed by atoms with Crippen LogP contribution in [-0.2, 0) is 9.53 Å². The first-order chi connectivity index (χ1) is 8.81. The fourth-order valence-corrected chi connectivity index (χ4v) is 1.31. The average Bonchev–Trinajstić information content (AvgIpc) is 2.30. The SMILES string of the molecule is CC(C)NC(=O)COC(=O)c1cc(F)c(F)cc1N. The predicted octanol–water partition coefficient (Wildman–Crippen LogP) is 1.23. The van der Waals surface area contributed by atoms with Gasteiger partial charge in [-0.2, -0.15) is 0 Å². The summed E-state index contributed by atoms with van der Waals surface area (Å²) in [5.41, 5.74) is 4.79.